The average molecular weight is 313 g/mol. The third kappa shape index (κ3) is 2.73. The van der Waals surface area contributed by atoms with Gasteiger partial charge in [0, 0.05) is 11.1 Å². The lowest BCUT2D eigenvalue weighted by Crippen LogP contribution is -2.38. The molecular weight excluding hydrogens is 292 g/mol. The van der Waals surface area contributed by atoms with Gasteiger partial charge in [-0.15, -0.1) is 0 Å². The summed E-state index contributed by atoms with van der Waals surface area (Å²) in [4.78, 5) is 0. The first-order chi connectivity index (χ1) is 10.3. The van der Waals surface area contributed by atoms with Crippen LogP contribution in [0.4, 0.5) is 0 Å². The summed E-state index contributed by atoms with van der Waals surface area (Å²) in [5, 5.41) is 0. The van der Waals surface area contributed by atoms with E-state index in [-0.39, 0.29) is 0 Å². The number of rotatable bonds is 4. The van der Waals surface area contributed by atoms with Gasteiger partial charge in [0.1, 0.15) is 0 Å². The van der Waals surface area contributed by atoms with Gasteiger partial charge in [0.05, 0.1) is 0 Å². The van der Waals surface area contributed by atoms with Crippen molar-refractivity contribution < 1.29 is 0 Å². The van der Waals surface area contributed by atoms with Gasteiger partial charge >= 0.3 is 0 Å². The number of hydrogen-bond donors (Lipinski definition) is 0. The Labute approximate surface area is 133 Å². The van der Waals surface area contributed by atoms with Crippen molar-refractivity contribution in [2.45, 2.75) is 30.5 Å². The molecule has 2 aromatic carbocycles. The molecule has 0 aliphatic carbocycles. The molecule has 0 nitrogen and oxygen atoms in total. The Morgan fingerprint density at radius 2 is 1.24 bits per heavy atom. The number of halogens is 1. The fourth-order valence-corrected chi connectivity index (χ4v) is 9.42. The molecule has 2 heteroatoms. The minimum absolute atomic E-state index is 0.422. The molecule has 0 bridgehead atoms. The Morgan fingerprint density at radius 1 is 0.810 bits per heavy atom. The quantitative estimate of drug-likeness (QED) is 0.380. The maximum atomic E-state index is 7.35. The van der Waals surface area contributed by atoms with Gasteiger partial charge in [0.25, 0.3) is 0 Å². The molecule has 1 unspecified atom stereocenters. The molecule has 1 aliphatic heterocycles. The minimum atomic E-state index is -1.97. The maximum Gasteiger partial charge on any atom is 0.178 e. The smallest absolute Gasteiger partial charge is 0.165 e. The van der Waals surface area contributed by atoms with Crippen LogP contribution >= 0.6 is 11.1 Å². The predicted octanol–water partition coefficient (Wildman–Crippen LogP) is 5.80. The summed E-state index contributed by atoms with van der Waals surface area (Å²) >= 11 is 7.35. The Morgan fingerprint density at radius 3 is 1.62 bits per heavy atom. The van der Waals surface area contributed by atoms with Gasteiger partial charge in [-0.25, -0.2) is 0 Å². The molecule has 0 fully saturated rings. The van der Waals surface area contributed by atoms with E-state index in [1.54, 1.807) is 0 Å². The van der Waals surface area contributed by atoms with Crippen molar-refractivity contribution in [2.75, 3.05) is 0 Å². The van der Waals surface area contributed by atoms with Gasteiger partial charge in [0.2, 0.25) is 0 Å². The third-order valence-corrected chi connectivity index (χ3v) is 10.8. The summed E-state index contributed by atoms with van der Waals surface area (Å²) in [6.45, 7) is 2.25. The van der Waals surface area contributed by atoms with E-state index in [0.717, 1.165) is 12.5 Å². The van der Waals surface area contributed by atoms with Crippen LogP contribution in [0, 0.1) is 0 Å². The van der Waals surface area contributed by atoms with Crippen molar-refractivity contribution in [3.05, 3.63) is 83.9 Å². The highest BCUT2D eigenvalue weighted by atomic mass is 35.6. The monoisotopic (exact) mass is 312 g/mol. The molecule has 0 amide bonds. The first kappa shape index (κ1) is 14.6. The van der Waals surface area contributed by atoms with Crippen LogP contribution in [0.5, 0.6) is 0 Å². The van der Waals surface area contributed by atoms with E-state index in [9.17, 15) is 0 Å². The predicted molar refractivity (Wildman–Crippen MR) is 94.2 cm³/mol. The van der Waals surface area contributed by atoms with Crippen molar-refractivity contribution in [1.82, 2.24) is 0 Å². The molecule has 0 aromatic heterocycles. The Balaban J connectivity index is 1.99. The SMILES string of the molecule is CCC[Si]1(Cl)[C@@H](c2ccccc2)C=C[C@H]1c1ccccc1. The van der Waals surface area contributed by atoms with E-state index in [1.807, 2.05) is 0 Å². The lowest BCUT2D eigenvalue weighted by Gasteiger charge is -2.33. The van der Waals surface area contributed by atoms with Crippen molar-refractivity contribution in [3.8, 4) is 0 Å². The maximum absolute atomic E-state index is 7.35. The molecule has 3 atom stereocenters. The van der Waals surface area contributed by atoms with Gasteiger partial charge in [-0.3, -0.25) is 0 Å². The van der Waals surface area contributed by atoms with Gasteiger partial charge in [-0.05, 0) is 17.2 Å². The molecule has 0 saturated carbocycles. The Kier molecular flexibility index (Phi) is 4.32. The van der Waals surface area contributed by atoms with Crippen molar-refractivity contribution in [3.63, 3.8) is 0 Å². The summed E-state index contributed by atoms with van der Waals surface area (Å²) in [7, 11) is -1.97. The standard InChI is InChI=1S/C19H21ClSi/c1-2-15-21(20)18(16-9-5-3-6-10-16)13-14-19(21)17-11-7-4-8-12-17/h3-14,18-19H,2,15H2,1H3/t18-,19+,21?. The second-order valence-electron chi connectivity index (χ2n) is 5.84. The van der Waals surface area contributed by atoms with E-state index in [1.165, 1.54) is 11.1 Å². The van der Waals surface area contributed by atoms with Gasteiger partial charge in [-0.2, -0.15) is 11.1 Å². The van der Waals surface area contributed by atoms with Crippen LogP contribution in [0.1, 0.15) is 35.6 Å². The zero-order chi connectivity index (χ0) is 14.7. The van der Waals surface area contributed by atoms with E-state index in [4.69, 9.17) is 11.1 Å². The highest BCUT2D eigenvalue weighted by molar-refractivity contribution is 7.22. The topological polar surface area (TPSA) is 0 Å². The van der Waals surface area contributed by atoms with E-state index < -0.39 is 7.38 Å². The number of hydrogen-bond acceptors (Lipinski definition) is 0. The van der Waals surface area contributed by atoms with Crippen LogP contribution in [0.2, 0.25) is 6.04 Å². The molecule has 0 N–H and O–H groups in total. The van der Waals surface area contributed by atoms with Crippen LogP contribution in [0.25, 0.3) is 0 Å². The first-order valence-electron chi connectivity index (χ1n) is 7.73. The molecule has 0 radical (unpaired) electrons. The largest absolute Gasteiger partial charge is 0.178 e. The van der Waals surface area contributed by atoms with Crippen LogP contribution in [-0.4, -0.2) is 7.38 Å². The van der Waals surface area contributed by atoms with Gasteiger partial charge in [0.15, 0.2) is 7.38 Å². The molecule has 21 heavy (non-hydrogen) atoms. The van der Waals surface area contributed by atoms with Crippen molar-refractivity contribution >= 4 is 18.5 Å². The molecule has 108 valence electrons. The van der Waals surface area contributed by atoms with E-state index in [0.29, 0.717) is 11.1 Å². The summed E-state index contributed by atoms with van der Waals surface area (Å²) in [5.74, 6) is 0. The van der Waals surface area contributed by atoms with Crippen LogP contribution in [0.3, 0.4) is 0 Å². The molecule has 2 aromatic rings. The van der Waals surface area contributed by atoms with Crippen LogP contribution < -0.4 is 0 Å². The minimum Gasteiger partial charge on any atom is -0.165 e. The van der Waals surface area contributed by atoms with Gasteiger partial charge in [-0.1, -0.05) is 86.2 Å². The second-order valence-corrected chi connectivity index (χ2v) is 11.5. The summed E-state index contributed by atoms with van der Waals surface area (Å²) in [5.41, 5.74) is 3.60. The van der Waals surface area contributed by atoms with Crippen molar-refractivity contribution in [1.29, 1.82) is 0 Å². The zero-order valence-corrected chi connectivity index (χ0v) is 14.1. The first-order valence-corrected chi connectivity index (χ1v) is 11.1. The lowest BCUT2D eigenvalue weighted by atomic mass is 10.1. The molecule has 0 saturated heterocycles. The van der Waals surface area contributed by atoms with Crippen LogP contribution in [-0.2, 0) is 0 Å². The highest BCUT2D eigenvalue weighted by Gasteiger charge is 2.48. The summed E-state index contributed by atoms with van der Waals surface area (Å²) < 4.78 is 0. The van der Waals surface area contributed by atoms with E-state index in [2.05, 4.69) is 79.7 Å². The van der Waals surface area contributed by atoms with Gasteiger partial charge < -0.3 is 0 Å². The summed E-state index contributed by atoms with van der Waals surface area (Å²) in [6.07, 6.45) is 5.88. The molecule has 3 rings (SSSR count). The van der Waals surface area contributed by atoms with E-state index >= 15 is 0 Å². The lowest BCUT2D eigenvalue weighted by molar-refractivity contribution is 0.989. The Hall–Kier alpha value is -1.31. The number of benzene rings is 2. The molecule has 1 heterocycles. The average Bonchev–Trinajstić information content (AvgIpc) is 2.86. The molecule has 1 aliphatic rings. The molecular formula is C19H21ClSi. The highest BCUT2D eigenvalue weighted by Crippen LogP contribution is 2.50. The normalized spacial score (nSPS) is 27.9. The van der Waals surface area contributed by atoms with Crippen LogP contribution in [0.15, 0.2) is 72.8 Å². The second kappa shape index (κ2) is 6.21. The number of allylic oxidation sites excluding steroid dienone is 2. The fourth-order valence-electron chi connectivity index (χ4n) is 3.53. The zero-order valence-electron chi connectivity index (χ0n) is 12.4. The van der Waals surface area contributed by atoms with Crippen molar-refractivity contribution in [2.24, 2.45) is 0 Å². The summed E-state index contributed by atoms with van der Waals surface area (Å²) in [6, 6.07) is 22.7. The molecule has 0 spiro atoms. The third-order valence-electron chi connectivity index (χ3n) is 4.48. The fraction of sp³-hybridized carbons (Fsp3) is 0.263. The Bertz CT molecular complexity index is 556.